The van der Waals surface area contributed by atoms with Gasteiger partial charge in [-0.2, -0.15) is 0 Å². The van der Waals surface area contributed by atoms with E-state index < -0.39 is 0 Å². The maximum Gasteiger partial charge on any atom is 0.123 e. The summed E-state index contributed by atoms with van der Waals surface area (Å²) in [5, 5.41) is 7.22. The van der Waals surface area contributed by atoms with E-state index in [2.05, 4.69) is 45.3 Å². The topological polar surface area (TPSA) is 18.5 Å². The van der Waals surface area contributed by atoms with Gasteiger partial charge in [0.05, 0.1) is 0 Å². The highest BCUT2D eigenvalue weighted by Gasteiger charge is 2.32. The maximum atomic E-state index is 13.1. The molecule has 2 aromatic carbocycles. The molecule has 1 saturated heterocycles. The molecule has 5 heteroatoms. The van der Waals surface area contributed by atoms with Gasteiger partial charge in [0.25, 0.3) is 0 Å². The summed E-state index contributed by atoms with van der Waals surface area (Å²) < 4.78 is 14.5. The van der Waals surface area contributed by atoms with E-state index in [1.165, 1.54) is 33.5 Å². The van der Waals surface area contributed by atoms with Gasteiger partial charge in [-0.1, -0.05) is 24.8 Å². The van der Waals surface area contributed by atoms with E-state index in [0.717, 1.165) is 50.4 Å². The van der Waals surface area contributed by atoms with Crippen molar-refractivity contribution in [2.24, 2.45) is 0 Å². The number of anilines is 1. The van der Waals surface area contributed by atoms with Crippen LogP contribution >= 0.6 is 11.3 Å². The Morgan fingerprint density at radius 3 is 2.89 bits per heavy atom. The largest absolute Gasteiger partial charge is 0.384 e. The molecule has 1 N–H and O–H groups in total. The summed E-state index contributed by atoms with van der Waals surface area (Å²) in [7, 11) is 0. The van der Waals surface area contributed by atoms with Gasteiger partial charge >= 0.3 is 0 Å². The molecule has 144 valence electrons. The molecule has 0 spiro atoms. The molecule has 5 rings (SSSR count). The first-order valence-electron chi connectivity index (χ1n) is 9.86. The van der Waals surface area contributed by atoms with Crippen LogP contribution in [0.15, 0.2) is 54.4 Å². The van der Waals surface area contributed by atoms with Crippen molar-refractivity contribution in [1.29, 1.82) is 0 Å². The summed E-state index contributed by atoms with van der Waals surface area (Å²) in [6, 6.07) is 13.8. The number of piperazine rings is 1. The zero-order valence-corrected chi connectivity index (χ0v) is 16.6. The number of rotatable bonds is 5. The van der Waals surface area contributed by atoms with E-state index in [1.807, 2.05) is 11.3 Å². The fraction of sp³-hybridized carbons (Fsp3) is 0.304. The second-order valence-electron chi connectivity index (χ2n) is 7.68. The van der Waals surface area contributed by atoms with Crippen molar-refractivity contribution >= 4 is 32.8 Å². The van der Waals surface area contributed by atoms with E-state index in [-0.39, 0.29) is 5.82 Å². The van der Waals surface area contributed by atoms with Gasteiger partial charge in [-0.25, -0.2) is 4.39 Å². The molecule has 0 aliphatic carbocycles. The van der Waals surface area contributed by atoms with Crippen LogP contribution in [-0.4, -0.2) is 43.7 Å². The molecule has 0 bridgehead atoms. The molecule has 1 atom stereocenters. The normalized spacial score (nSPS) is 18.9. The first-order valence-corrected chi connectivity index (χ1v) is 10.7. The molecule has 1 fully saturated rings. The molecule has 0 saturated carbocycles. The van der Waals surface area contributed by atoms with Crippen molar-refractivity contribution in [1.82, 2.24) is 10.2 Å². The Morgan fingerprint density at radius 2 is 2.04 bits per heavy atom. The molecule has 2 aliphatic heterocycles. The minimum atomic E-state index is -0.216. The average Bonchev–Trinajstić information content (AvgIpc) is 3.12. The lowest BCUT2D eigenvalue weighted by Gasteiger charge is -2.45. The Bertz CT molecular complexity index is 1010. The summed E-state index contributed by atoms with van der Waals surface area (Å²) >= 11 is 1.87. The molecular formula is C23H24FN3S. The lowest BCUT2D eigenvalue weighted by atomic mass is 9.94. The van der Waals surface area contributed by atoms with Gasteiger partial charge in [-0.3, -0.25) is 4.90 Å². The Morgan fingerprint density at radius 1 is 1.18 bits per heavy atom. The molecule has 2 aliphatic rings. The number of nitrogens with one attached hydrogen (secondary N) is 1. The number of fused-ring (bicyclic) bond motifs is 2. The van der Waals surface area contributed by atoms with Crippen LogP contribution in [0.25, 0.3) is 15.8 Å². The van der Waals surface area contributed by atoms with Crippen LogP contribution in [0.5, 0.6) is 0 Å². The van der Waals surface area contributed by atoms with E-state index in [0.29, 0.717) is 6.04 Å². The number of thiophene rings is 1. The van der Waals surface area contributed by atoms with E-state index >= 15 is 0 Å². The highest BCUT2D eigenvalue weighted by Crippen LogP contribution is 2.40. The summed E-state index contributed by atoms with van der Waals surface area (Å²) in [5.41, 5.74) is 4.73. The van der Waals surface area contributed by atoms with E-state index in [4.69, 9.17) is 0 Å². The zero-order chi connectivity index (χ0) is 19.1. The van der Waals surface area contributed by atoms with Gasteiger partial charge in [0.15, 0.2) is 0 Å². The first-order chi connectivity index (χ1) is 13.7. The van der Waals surface area contributed by atoms with Crippen molar-refractivity contribution < 1.29 is 4.39 Å². The fourth-order valence-corrected chi connectivity index (χ4v) is 5.50. The van der Waals surface area contributed by atoms with Crippen molar-refractivity contribution in [3.8, 4) is 0 Å². The summed E-state index contributed by atoms with van der Waals surface area (Å²) in [6.07, 6.45) is 1.14. The van der Waals surface area contributed by atoms with Gasteiger partial charge in [-0.05, 0) is 47.2 Å². The van der Waals surface area contributed by atoms with Crippen LogP contribution in [0, 0.1) is 5.82 Å². The van der Waals surface area contributed by atoms with Crippen molar-refractivity contribution in [2.75, 3.05) is 37.6 Å². The second-order valence-corrected chi connectivity index (χ2v) is 8.59. The quantitative estimate of drug-likeness (QED) is 0.695. The smallest absolute Gasteiger partial charge is 0.123 e. The fourth-order valence-electron chi connectivity index (χ4n) is 4.51. The molecule has 3 aromatic rings. The molecule has 0 radical (unpaired) electrons. The summed E-state index contributed by atoms with van der Waals surface area (Å²) in [6.45, 7) is 9.18. The minimum absolute atomic E-state index is 0.216. The highest BCUT2D eigenvalue weighted by molar-refractivity contribution is 7.17. The lowest BCUT2D eigenvalue weighted by Crippen LogP contribution is -2.56. The Hall–Kier alpha value is -2.37. The number of hydrogen-bond donors (Lipinski definition) is 1. The summed E-state index contributed by atoms with van der Waals surface area (Å²) in [5.74, 6) is -0.216. The average molecular weight is 394 g/mol. The minimum Gasteiger partial charge on any atom is -0.384 e. The SMILES string of the molecule is C=C(NCCN1CCN2c3cccc4scc(c34)CC2C1)c1ccc(F)cc1. The molecule has 3 heterocycles. The second kappa shape index (κ2) is 7.22. The maximum absolute atomic E-state index is 13.1. The molecule has 28 heavy (non-hydrogen) atoms. The van der Waals surface area contributed by atoms with Crippen molar-refractivity contribution in [2.45, 2.75) is 12.5 Å². The Balaban J connectivity index is 1.19. The van der Waals surface area contributed by atoms with Crippen LogP contribution in [-0.2, 0) is 6.42 Å². The molecule has 3 nitrogen and oxygen atoms in total. The number of hydrogen-bond acceptors (Lipinski definition) is 4. The molecular weight excluding hydrogens is 369 g/mol. The molecule has 1 unspecified atom stereocenters. The van der Waals surface area contributed by atoms with Gasteiger partial charge in [0.1, 0.15) is 5.82 Å². The monoisotopic (exact) mass is 393 g/mol. The van der Waals surface area contributed by atoms with E-state index in [9.17, 15) is 4.39 Å². The standard InChI is InChI=1S/C23H24FN3S/c1-16(17-5-7-19(24)8-6-17)25-9-10-26-11-12-27-20(14-26)13-18-15-28-22-4-2-3-21(27)23(18)22/h2-8,15,20,25H,1,9-14H2. The zero-order valence-electron chi connectivity index (χ0n) is 15.8. The van der Waals surface area contributed by atoms with Crippen LogP contribution < -0.4 is 10.2 Å². The van der Waals surface area contributed by atoms with Gasteiger partial charge < -0.3 is 10.2 Å². The van der Waals surface area contributed by atoms with Crippen molar-refractivity contribution in [3.05, 3.63) is 71.4 Å². The predicted molar refractivity (Wildman–Crippen MR) is 117 cm³/mol. The van der Waals surface area contributed by atoms with E-state index in [1.54, 1.807) is 12.1 Å². The van der Waals surface area contributed by atoms with Crippen LogP contribution in [0.2, 0.25) is 0 Å². The third kappa shape index (κ3) is 3.19. The molecule has 0 amide bonds. The first kappa shape index (κ1) is 17.7. The van der Waals surface area contributed by atoms with Gasteiger partial charge in [0, 0.05) is 60.2 Å². The molecule has 1 aromatic heterocycles. The van der Waals surface area contributed by atoms with Crippen LogP contribution in [0.1, 0.15) is 11.1 Å². The number of halogens is 1. The third-order valence-electron chi connectivity index (χ3n) is 5.94. The summed E-state index contributed by atoms with van der Waals surface area (Å²) in [4.78, 5) is 5.16. The number of nitrogens with zero attached hydrogens (tertiary/aromatic N) is 2. The van der Waals surface area contributed by atoms with Crippen LogP contribution in [0.4, 0.5) is 10.1 Å². The Labute approximate surface area is 169 Å². The Kier molecular flexibility index (Phi) is 4.57. The predicted octanol–water partition coefficient (Wildman–Crippen LogP) is 4.35. The van der Waals surface area contributed by atoms with Crippen LogP contribution in [0.3, 0.4) is 0 Å². The highest BCUT2D eigenvalue weighted by atomic mass is 32.1. The number of benzene rings is 2. The third-order valence-corrected chi connectivity index (χ3v) is 6.94. The van der Waals surface area contributed by atoms with Gasteiger partial charge in [-0.15, -0.1) is 11.3 Å². The van der Waals surface area contributed by atoms with Crippen molar-refractivity contribution in [3.63, 3.8) is 0 Å². The lowest BCUT2D eigenvalue weighted by molar-refractivity contribution is 0.224. The van der Waals surface area contributed by atoms with Gasteiger partial charge in [0.2, 0.25) is 0 Å².